The molecule has 0 aliphatic carbocycles. The van der Waals surface area contributed by atoms with Crippen LogP contribution in [0.4, 0.5) is 5.69 Å². The summed E-state index contributed by atoms with van der Waals surface area (Å²) >= 11 is 0. The number of nitrogens with zero attached hydrogens (tertiary/aromatic N) is 3. The number of carbonyl (C=O) groups is 1. The Labute approximate surface area is 111 Å². The number of aromatic carboxylic acids is 1. The Bertz CT molecular complexity index is 745. The monoisotopic (exact) mass is 279 g/mol. The van der Waals surface area contributed by atoms with Crippen LogP contribution in [-0.4, -0.2) is 25.7 Å². The minimum atomic E-state index is -1.26. The van der Waals surface area contributed by atoms with Crippen molar-refractivity contribution < 1.29 is 19.3 Å². The molecule has 2 rings (SSSR count). The summed E-state index contributed by atoms with van der Waals surface area (Å²) in [5.74, 6) is -1.15. The Morgan fingerprint density at radius 1 is 1.55 bits per heavy atom. The van der Waals surface area contributed by atoms with Gasteiger partial charge in [0.25, 0.3) is 11.2 Å². The van der Waals surface area contributed by atoms with E-state index in [-0.39, 0.29) is 29.2 Å². The Balaban J connectivity index is 2.37. The number of aryl methyl sites for hydroxylation is 1. The van der Waals surface area contributed by atoms with Crippen LogP contribution < -0.4 is 5.56 Å². The molecular formula is C11H9N3O6. The van der Waals surface area contributed by atoms with Gasteiger partial charge in [0.05, 0.1) is 17.7 Å². The Hall–Kier alpha value is -2.97. The summed E-state index contributed by atoms with van der Waals surface area (Å²) in [5, 5.41) is 22.8. The second-order valence-electron chi connectivity index (χ2n) is 4.05. The highest BCUT2D eigenvalue weighted by atomic mass is 16.6. The SMILES string of the molecule is Cc1cc(=O)n(Cc2cc(C(=O)O)no2)cc1[N+](=O)[O-]. The van der Waals surface area contributed by atoms with E-state index < -0.39 is 16.5 Å². The minimum Gasteiger partial charge on any atom is -0.476 e. The molecule has 0 saturated carbocycles. The van der Waals surface area contributed by atoms with Crippen molar-refractivity contribution in [1.82, 2.24) is 9.72 Å². The molecule has 2 heterocycles. The summed E-state index contributed by atoms with van der Waals surface area (Å²) in [6.07, 6.45) is 1.08. The fraction of sp³-hybridized carbons (Fsp3) is 0.182. The highest BCUT2D eigenvalue weighted by Crippen LogP contribution is 2.15. The fourth-order valence-electron chi connectivity index (χ4n) is 1.63. The molecule has 0 atom stereocenters. The third kappa shape index (κ3) is 2.55. The standard InChI is InChI=1S/C11H9N3O6/c1-6-2-10(15)13(5-9(6)14(18)19)4-7-3-8(11(16)17)12-20-7/h2-3,5H,4H2,1H3,(H,16,17). The molecule has 0 aromatic carbocycles. The van der Waals surface area contributed by atoms with Gasteiger partial charge in [-0.05, 0) is 6.92 Å². The molecule has 2 aromatic heterocycles. The summed E-state index contributed by atoms with van der Waals surface area (Å²) in [6.45, 7) is 1.32. The van der Waals surface area contributed by atoms with Crippen molar-refractivity contribution in [2.45, 2.75) is 13.5 Å². The quantitative estimate of drug-likeness (QED) is 0.647. The molecule has 104 valence electrons. The van der Waals surface area contributed by atoms with Gasteiger partial charge >= 0.3 is 5.97 Å². The molecule has 20 heavy (non-hydrogen) atoms. The first kappa shape index (κ1) is 13.5. The van der Waals surface area contributed by atoms with E-state index >= 15 is 0 Å². The zero-order chi connectivity index (χ0) is 14.9. The Kier molecular flexibility index (Phi) is 3.34. The number of hydrogen-bond donors (Lipinski definition) is 1. The lowest BCUT2D eigenvalue weighted by molar-refractivity contribution is -0.385. The molecule has 0 bridgehead atoms. The molecule has 2 aromatic rings. The van der Waals surface area contributed by atoms with E-state index in [1.165, 1.54) is 6.92 Å². The van der Waals surface area contributed by atoms with Crippen molar-refractivity contribution in [2.75, 3.05) is 0 Å². The van der Waals surface area contributed by atoms with Gasteiger partial charge in [0.2, 0.25) is 0 Å². The highest BCUT2D eigenvalue weighted by Gasteiger charge is 2.16. The van der Waals surface area contributed by atoms with Gasteiger partial charge in [-0.2, -0.15) is 0 Å². The molecule has 9 heteroatoms. The maximum Gasteiger partial charge on any atom is 0.358 e. The van der Waals surface area contributed by atoms with Crippen LogP contribution in [0, 0.1) is 17.0 Å². The van der Waals surface area contributed by atoms with Crippen LogP contribution in [-0.2, 0) is 6.54 Å². The molecule has 0 aliphatic rings. The van der Waals surface area contributed by atoms with Crippen LogP contribution in [0.1, 0.15) is 21.8 Å². The number of hydrogen-bond acceptors (Lipinski definition) is 6. The summed E-state index contributed by atoms with van der Waals surface area (Å²) in [6, 6.07) is 2.28. The van der Waals surface area contributed by atoms with Crippen LogP contribution in [0.2, 0.25) is 0 Å². The largest absolute Gasteiger partial charge is 0.476 e. The Morgan fingerprint density at radius 3 is 2.80 bits per heavy atom. The molecule has 0 aliphatic heterocycles. The number of carboxylic acids is 1. The van der Waals surface area contributed by atoms with E-state index in [2.05, 4.69) is 5.16 Å². The molecule has 0 unspecified atom stereocenters. The lowest BCUT2D eigenvalue weighted by Crippen LogP contribution is -2.20. The van der Waals surface area contributed by atoms with Crippen molar-refractivity contribution in [3.63, 3.8) is 0 Å². The molecular weight excluding hydrogens is 270 g/mol. The number of pyridine rings is 1. The lowest BCUT2D eigenvalue weighted by Gasteiger charge is -2.03. The third-order valence-corrected chi connectivity index (χ3v) is 2.61. The summed E-state index contributed by atoms with van der Waals surface area (Å²) in [7, 11) is 0. The average Bonchev–Trinajstić information content (AvgIpc) is 2.80. The van der Waals surface area contributed by atoms with Gasteiger partial charge in [-0.25, -0.2) is 4.79 Å². The van der Waals surface area contributed by atoms with E-state index in [4.69, 9.17) is 9.63 Å². The highest BCUT2D eigenvalue weighted by molar-refractivity contribution is 5.85. The van der Waals surface area contributed by atoms with Gasteiger partial charge in [-0.1, -0.05) is 5.16 Å². The third-order valence-electron chi connectivity index (χ3n) is 2.61. The van der Waals surface area contributed by atoms with E-state index in [1.807, 2.05) is 0 Å². The maximum atomic E-state index is 11.7. The molecule has 0 fully saturated rings. The number of nitro groups is 1. The molecule has 0 amide bonds. The second-order valence-corrected chi connectivity index (χ2v) is 4.05. The summed E-state index contributed by atoms with van der Waals surface area (Å²) < 4.78 is 5.81. The van der Waals surface area contributed by atoms with Crippen molar-refractivity contribution in [2.24, 2.45) is 0 Å². The fourth-order valence-corrected chi connectivity index (χ4v) is 1.63. The molecule has 0 radical (unpaired) electrons. The van der Waals surface area contributed by atoms with E-state index in [0.717, 1.165) is 22.9 Å². The predicted octanol–water partition coefficient (Wildman–Crippen LogP) is 0.799. The number of rotatable bonds is 4. The first-order valence-electron chi connectivity index (χ1n) is 5.43. The zero-order valence-electron chi connectivity index (χ0n) is 10.3. The maximum absolute atomic E-state index is 11.7. The summed E-state index contributed by atoms with van der Waals surface area (Å²) in [5.41, 5.74) is -0.710. The van der Waals surface area contributed by atoms with Crippen LogP contribution in [0.5, 0.6) is 0 Å². The van der Waals surface area contributed by atoms with Crippen LogP contribution in [0.25, 0.3) is 0 Å². The Morgan fingerprint density at radius 2 is 2.25 bits per heavy atom. The first-order valence-corrected chi connectivity index (χ1v) is 5.43. The minimum absolute atomic E-state index is 0.114. The normalized spacial score (nSPS) is 10.4. The first-order chi connectivity index (χ1) is 9.38. The van der Waals surface area contributed by atoms with E-state index in [9.17, 15) is 19.7 Å². The van der Waals surface area contributed by atoms with Crippen LogP contribution in [0.3, 0.4) is 0 Å². The number of aromatic nitrogens is 2. The van der Waals surface area contributed by atoms with Gasteiger partial charge < -0.3 is 14.2 Å². The van der Waals surface area contributed by atoms with Crippen molar-refractivity contribution >= 4 is 11.7 Å². The van der Waals surface area contributed by atoms with E-state index in [0.29, 0.717) is 0 Å². The van der Waals surface area contributed by atoms with Crippen molar-refractivity contribution in [3.05, 3.63) is 55.8 Å². The van der Waals surface area contributed by atoms with Crippen LogP contribution >= 0.6 is 0 Å². The van der Waals surface area contributed by atoms with Crippen molar-refractivity contribution in [3.8, 4) is 0 Å². The van der Waals surface area contributed by atoms with E-state index in [1.54, 1.807) is 0 Å². The van der Waals surface area contributed by atoms with Crippen LogP contribution in [0.15, 0.2) is 27.6 Å². The van der Waals surface area contributed by atoms with Gasteiger partial charge in [0, 0.05) is 17.7 Å². The smallest absolute Gasteiger partial charge is 0.358 e. The van der Waals surface area contributed by atoms with Gasteiger partial charge in [0.15, 0.2) is 11.5 Å². The lowest BCUT2D eigenvalue weighted by atomic mass is 10.2. The molecule has 0 spiro atoms. The molecule has 1 N–H and O–H groups in total. The number of carboxylic acid groups (broad SMARTS) is 1. The van der Waals surface area contributed by atoms with Gasteiger partial charge in [-0.3, -0.25) is 14.9 Å². The van der Waals surface area contributed by atoms with Gasteiger partial charge in [-0.15, -0.1) is 0 Å². The molecule has 9 nitrogen and oxygen atoms in total. The zero-order valence-corrected chi connectivity index (χ0v) is 10.3. The second kappa shape index (κ2) is 4.96. The molecule has 0 saturated heterocycles. The van der Waals surface area contributed by atoms with Gasteiger partial charge in [0.1, 0.15) is 0 Å². The summed E-state index contributed by atoms with van der Waals surface area (Å²) in [4.78, 5) is 32.6. The topological polar surface area (TPSA) is 128 Å². The average molecular weight is 279 g/mol. The van der Waals surface area contributed by atoms with Crippen molar-refractivity contribution in [1.29, 1.82) is 0 Å². The predicted molar refractivity (Wildman–Crippen MR) is 64.7 cm³/mol.